The predicted octanol–water partition coefficient (Wildman–Crippen LogP) is 7.44. The molecule has 0 saturated carbocycles. The van der Waals surface area contributed by atoms with Gasteiger partial charge in [0.25, 0.3) is 0 Å². The van der Waals surface area contributed by atoms with Crippen molar-refractivity contribution in [3.05, 3.63) is 101 Å². The molecule has 0 saturated heterocycles. The lowest BCUT2D eigenvalue weighted by Gasteiger charge is -2.12. The van der Waals surface area contributed by atoms with Crippen LogP contribution in [0.3, 0.4) is 0 Å². The molecule has 1 heterocycles. The van der Waals surface area contributed by atoms with Crippen LogP contribution in [-0.2, 0) is 23.7 Å². The second-order valence-electron chi connectivity index (χ2n) is 7.81. The maximum atomic E-state index is 13.1. The van der Waals surface area contributed by atoms with Gasteiger partial charge >= 0.3 is 18.3 Å². The van der Waals surface area contributed by atoms with Crippen LogP contribution >= 0.6 is 0 Å². The average molecular weight is 518 g/mol. The number of ether oxygens (including phenoxy) is 1. The van der Waals surface area contributed by atoms with Crippen molar-refractivity contribution < 1.29 is 40.3 Å². The van der Waals surface area contributed by atoms with Crippen molar-refractivity contribution in [1.82, 2.24) is 10.2 Å². The number of benzene rings is 3. The number of carbonyl (C=O) groups excluding carboxylic acids is 1. The summed E-state index contributed by atoms with van der Waals surface area (Å²) in [6.45, 7) is 3.71. The van der Waals surface area contributed by atoms with E-state index in [2.05, 4.69) is 16.8 Å². The maximum Gasteiger partial charge on any atom is 0.416 e. The number of hydrogen-bond donors (Lipinski definition) is 0. The highest BCUT2D eigenvalue weighted by atomic mass is 19.4. The fraction of sp³-hybridized carbons (Fsp3) is 0.115. The molecule has 0 aliphatic heterocycles. The molecule has 0 spiro atoms. The second kappa shape index (κ2) is 9.92. The molecule has 0 radical (unpaired) electrons. The van der Waals surface area contributed by atoms with Gasteiger partial charge in [0.1, 0.15) is 6.61 Å². The molecular formula is C26H16F6N2O3. The topological polar surface area (TPSA) is 65.2 Å². The summed E-state index contributed by atoms with van der Waals surface area (Å²) in [4.78, 5) is 12.3. The number of carbonyl (C=O) groups is 1. The van der Waals surface area contributed by atoms with E-state index in [1.54, 1.807) is 18.2 Å². The van der Waals surface area contributed by atoms with Crippen LogP contribution in [0.1, 0.15) is 32.6 Å². The summed E-state index contributed by atoms with van der Waals surface area (Å²) in [6.07, 6.45) is -8.35. The van der Waals surface area contributed by atoms with E-state index in [0.29, 0.717) is 17.7 Å². The van der Waals surface area contributed by atoms with Gasteiger partial charge in [-0.2, -0.15) is 26.3 Å². The molecule has 190 valence electrons. The highest BCUT2D eigenvalue weighted by Crippen LogP contribution is 2.38. The predicted molar refractivity (Wildman–Crippen MR) is 121 cm³/mol. The van der Waals surface area contributed by atoms with E-state index in [4.69, 9.17) is 9.15 Å². The molecule has 37 heavy (non-hydrogen) atoms. The molecular weight excluding hydrogens is 502 g/mol. The minimum absolute atomic E-state index is 0.00883. The van der Waals surface area contributed by atoms with Crippen molar-refractivity contribution in [3.63, 3.8) is 0 Å². The van der Waals surface area contributed by atoms with E-state index < -0.39 is 40.9 Å². The van der Waals surface area contributed by atoms with Gasteiger partial charge in [0.15, 0.2) is 0 Å². The van der Waals surface area contributed by atoms with Gasteiger partial charge in [-0.15, -0.1) is 10.2 Å². The van der Waals surface area contributed by atoms with Crippen molar-refractivity contribution in [2.24, 2.45) is 0 Å². The highest BCUT2D eigenvalue weighted by molar-refractivity contribution is 5.89. The Labute approximate surface area is 206 Å². The van der Waals surface area contributed by atoms with E-state index in [1.807, 2.05) is 12.1 Å². The Kier molecular flexibility index (Phi) is 6.88. The molecule has 0 atom stereocenters. The summed E-state index contributed by atoms with van der Waals surface area (Å²) in [6, 6.07) is 13.9. The Morgan fingerprint density at radius 2 is 1.35 bits per heavy atom. The largest absolute Gasteiger partial charge is 0.457 e. The molecule has 0 aliphatic rings. The van der Waals surface area contributed by atoms with E-state index in [-0.39, 0.29) is 24.1 Å². The third-order valence-corrected chi connectivity index (χ3v) is 5.21. The van der Waals surface area contributed by atoms with Gasteiger partial charge in [0.05, 0.1) is 16.7 Å². The van der Waals surface area contributed by atoms with Crippen LogP contribution in [0.2, 0.25) is 0 Å². The molecule has 0 fully saturated rings. The Morgan fingerprint density at radius 3 is 1.86 bits per heavy atom. The van der Waals surface area contributed by atoms with Crippen molar-refractivity contribution in [2.75, 3.05) is 0 Å². The third-order valence-electron chi connectivity index (χ3n) is 5.21. The van der Waals surface area contributed by atoms with Crippen LogP contribution in [0.25, 0.3) is 29.0 Å². The Morgan fingerprint density at radius 1 is 0.811 bits per heavy atom. The van der Waals surface area contributed by atoms with Gasteiger partial charge in [-0.3, -0.25) is 0 Å². The number of esters is 1. The number of alkyl halides is 6. The zero-order valence-corrected chi connectivity index (χ0v) is 18.7. The quantitative estimate of drug-likeness (QED) is 0.196. The molecule has 11 heteroatoms. The van der Waals surface area contributed by atoms with Crippen molar-refractivity contribution >= 4 is 12.0 Å². The summed E-state index contributed by atoms with van der Waals surface area (Å²) < 4.78 is 89.4. The molecule has 0 bridgehead atoms. The number of halogens is 6. The minimum atomic E-state index is -5.02. The van der Waals surface area contributed by atoms with Crippen molar-refractivity contribution in [3.8, 4) is 22.9 Å². The van der Waals surface area contributed by atoms with Gasteiger partial charge in [-0.05, 0) is 53.6 Å². The molecule has 4 rings (SSSR count). The van der Waals surface area contributed by atoms with E-state index in [9.17, 15) is 31.1 Å². The van der Waals surface area contributed by atoms with Gasteiger partial charge in [0, 0.05) is 11.1 Å². The summed E-state index contributed by atoms with van der Waals surface area (Å²) in [5.74, 6) is -1.30. The van der Waals surface area contributed by atoms with Crippen LogP contribution in [0, 0.1) is 0 Å². The van der Waals surface area contributed by atoms with Gasteiger partial charge in [-0.1, -0.05) is 36.9 Å². The monoisotopic (exact) mass is 518 g/mol. The van der Waals surface area contributed by atoms with Crippen LogP contribution in [0.15, 0.2) is 77.7 Å². The summed E-state index contributed by atoms with van der Waals surface area (Å²) in [7, 11) is 0. The first kappa shape index (κ1) is 25.7. The summed E-state index contributed by atoms with van der Waals surface area (Å²) in [5, 5.41) is 7.30. The van der Waals surface area contributed by atoms with Gasteiger partial charge < -0.3 is 9.15 Å². The maximum absolute atomic E-state index is 13.1. The first-order valence-electron chi connectivity index (χ1n) is 10.6. The van der Waals surface area contributed by atoms with E-state index in [1.165, 1.54) is 24.3 Å². The Balaban J connectivity index is 1.51. The lowest BCUT2D eigenvalue weighted by molar-refractivity contribution is -0.143. The van der Waals surface area contributed by atoms with Crippen LogP contribution in [0.4, 0.5) is 26.3 Å². The molecule has 0 unspecified atom stereocenters. The lowest BCUT2D eigenvalue weighted by atomic mass is 10.0. The number of rotatable bonds is 6. The zero-order chi connectivity index (χ0) is 26.8. The van der Waals surface area contributed by atoms with Crippen LogP contribution < -0.4 is 0 Å². The number of aromatic nitrogens is 2. The third kappa shape index (κ3) is 6.05. The molecule has 0 amide bonds. The Hall–Kier alpha value is -4.41. The number of nitrogens with zero attached hydrogens (tertiary/aromatic N) is 2. The molecule has 5 nitrogen and oxygen atoms in total. The van der Waals surface area contributed by atoms with Crippen LogP contribution in [0.5, 0.6) is 0 Å². The first-order valence-corrected chi connectivity index (χ1v) is 10.6. The van der Waals surface area contributed by atoms with E-state index >= 15 is 0 Å². The average Bonchev–Trinajstić information content (AvgIpc) is 3.37. The normalized spacial score (nSPS) is 11.8. The standard InChI is InChI=1S/C26H16F6N2O3/c1-2-15-3-5-16(6-4-15)14-36-24(35)18-9-7-17(8-10-18)22-33-34-23(37-22)19-11-20(25(27,28)29)13-21(12-19)26(30,31)32/h2-13H,1,14H2. The van der Waals surface area contributed by atoms with E-state index in [0.717, 1.165) is 11.1 Å². The Bertz CT molecular complexity index is 1390. The fourth-order valence-corrected chi connectivity index (χ4v) is 3.27. The smallest absolute Gasteiger partial charge is 0.416 e. The summed E-state index contributed by atoms with van der Waals surface area (Å²) >= 11 is 0. The lowest BCUT2D eigenvalue weighted by Crippen LogP contribution is -2.11. The van der Waals surface area contributed by atoms with Crippen molar-refractivity contribution in [2.45, 2.75) is 19.0 Å². The minimum Gasteiger partial charge on any atom is -0.457 e. The molecule has 4 aromatic rings. The van der Waals surface area contributed by atoms with Gasteiger partial charge in [0.2, 0.25) is 11.8 Å². The van der Waals surface area contributed by atoms with Crippen LogP contribution in [-0.4, -0.2) is 16.2 Å². The molecule has 0 N–H and O–H groups in total. The molecule has 0 aliphatic carbocycles. The second-order valence-corrected chi connectivity index (χ2v) is 7.81. The SMILES string of the molecule is C=Cc1ccc(COC(=O)c2ccc(-c3nnc(-c4cc(C(F)(F)F)cc(C(F)(F)F)c4)o3)cc2)cc1. The van der Waals surface area contributed by atoms with Crippen molar-refractivity contribution in [1.29, 1.82) is 0 Å². The zero-order valence-electron chi connectivity index (χ0n) is 18.7. The van der Waals surface area contributed by atoms with Gasteiger partial charge in [-0.25, -0.2) is 4.79 Å². The fourth-order valence-electron chi connectivity index (χ4n) is 3.27. The number of hydrogen-bond acceptors (Lipinski definition) is 5. The highest BCUT2D eigenvalue weighted by Gasteiger charge is 2.37. The molecule has 3 aromatic carbocycles. The first-order chi connectivity index (χ1) is 17.4. The summed E-state index contributed by atoms with van der Waals surface area (Å²) in [5.41, 5.74) is -1.35. The molecule has 1 aromatic heterocycles.